The second-order valence-electron chi connectivity index (χ2n) is 6.57. The van der Waals surface area contributed by atoms with Gasteiger partial charge in [0, 0.05) is 6.54 Å². The van der Waals surface area contributed by atoms with Crippen LogP contribution in [0.1, 0.15) is 33.3 Å². The highest BCUT2D eigenvalue weighted by Crippen LogP contribution is 2.38. The predicted octanol–water partition coefficient (Wildman–Crippen LogP) is 2.65. The van der Waals surface area contributed by atoms with Crippen LogP contribution in [-0.4, -0.2) is 36.2 Å². The fourth-order valence-corrected chi connectivity index (χ4v) is 3.63. The van der Waals surface area contributed by atoms with Gasteiger partial charge in [-0.25, -0.2) is 0 Å². The van der Waals surface area contributed by atoms with E-state index in [0.717, 1.165) is 11.1 Å². The fourth-order valence-electron chi connectivity index (χ4n) is 3.63. The van der Waals surface area contributed by atoms with Crippen molar-refractivity contribution in [3.8, 4) is 5.75 Å². The molecule has 1 amide bonds. The van der Waals surface area contributed by atoms with E-state index in [9.17, 15) is 14.7 Å². The molecule has 1 aromatic heterocycles. The zero-order chi connectivity index (χ0) is 19.1. The van der Waals surface area contributed by atoms with E-state index < -0.39 is 11.9 Å². The molecule has 0 fully saturated rings. The van der Waals surface area contributed by atoms with E-state index >= 15 is 0 Å². The second kappa shape index (κ2) is 6.55. The van der Waals surface area contributed by atoms with Gasteiger partial charge in [-0.3, -0.25) is 9.59 Å². The molecule has 0 saturated heterocycles. The summed E-state index contributed by atoms with van der Waals surface area (Å²) >= 11 is 0. The summed E-state index contributed by atoms with van der Waals surface area (Å²) in [6.45, 7) is 1.78. The zero-order valence-corrected chi connectivity index (χ0v) is 15.1. The third-order valence-corrected chi connectivity index (χ3v) is 4.87. The summed E-state index contributed by atoms with van der Waals surface area (Å²) in [6, 6.07) is 11.9. The van der Waals surface area contributed by atoms with Crippen LogP contribution in [0.2, 0.25) is 0 Å². The smallest absolute Gasteiger partial charge is 0.290 e. The maximum atomic E-state index is 13.3. The third-order valence-electron chi connectivity index (χ3n) is 4.87. The number of β-amino-alcohol motifs (C(OH)–C–C–N with tert-alkyl or cyclic N) is 1. The minimum atomic E-state index is -0.629. The Morgan fingerprint density at radius 3 is 2.74 bits per heavy atom. The van der Waals surface area contributed by atoms with Crippen LogP contribution in [0.4, 0.5) is 0 Å². The number of nitrogens with zero attached hydrogens (tertiary/aromatic N) is 1. The summed E-state index contributed by atoms with van der Waals surface area (Å²) in [6.07, 6.45) is 0. The third kappa shape index (κ3) is 2.69. The Morgan fingerprint density at radius 2 is 2.00 bits per heavy atom. The van der Waals surface area contributed by atoms with Crippen LogP contribution in [0, 0.1) is 6.92 Å². The molecule has 0 spiro atoms. The number of methoxy groups -OCH3 is 1. The van der Waals surface area contributed by atoms with Crippen molar-refractivity contribution in [3.05, 3.63) is 75.1 Å². The van der Waals surface area contributed by atoms with Gasteiger partial charge < -0.3 is 19.2 Å². The van der Waals surface area contributed by atoms with Crippen LogP contribution >= 0.6 is 0 Å². The highest BCUT2D eigenvalue weighted by molar-refractivity contribution is 5.99. The molecule has 3 aromatic rings. The Bertz CT molecular complexity index is 1100. The number of carbonyl (C=O) groups excluding carboxylic acids is 1. The molecule has 0 saturated carbocycles. The Labute approximate surface area is 155 Å². The van der Waals surface area contributed by atoms with Crippen LogP contribution in [0.5, 0.6) is 5.75 Å². The summed E-state index contributed by atoms with van der Waals surface area (Å²) in [5.74, 6) is 0.266. The van der Waals surface area contributed by atoms with E-state index in [1.165, 1.54) is 4.90 Å². The standard InChI is InChI=1S/C21H19NO5/c1-12-6-7-16-15(10-12)19(24)17-18(13-4-3-5-14(11-13)26-2)22(8-9-23)21(25)20(17)27-16/h3-7,10-11,18,23H,8-9H2,1-2H3/t18-/m0/s1. The lowest BCUT2D eigenvalue weighted by atomic mass is 9.98. The van der Waals surface area contributed by atoms with Crippen LogP contribution in [0.3, 0.4) is 0 Å². The normalized spacial score (nSPS) is 16.0. The van der Waals surface area contributed by atoms with Crippen molar-refractivity contribution in [3.63, 3.8) is 0 Å². The topological polar surface area (TPSA) is 80.0 Å². The average molecular weight is 365 g/mol. The Hall–Kier alpha value is -3.12. The summed E-state index contributed by atoms with van der Waals surface area (Å²) in [4.78, 5) is 27.7. The van der Waals surface area contributed by atoms with Gasteiger partial charge >= 0.3 is 0 Å². The van der Waals surface area contributed by atoms with E-state index in [4.69, 9.17) is 9.15 Å². The molecule has 0 bridgehead atoms. The Kier molecular flexibility index (Phi) is 4.20. The number of hydrogen-bond donors (Lipinski definition) is 1. The second-order valence-corrected chi connectivity index (χ2v) is 6.57. The van der Waals surface area contributed by atoms with E-state index in [1.54, 1.807) is 37.4 Å². The van der Waals surface area contributed by atoms with E-state index in [0.29, 0.717) is 22.3 Å². The van der Waals surface area contributed by atoms with Crippen LogP contribution in [-0.2, 0) is 0 Å². The number of aliphatic hydroxyl groups is 1. The quantitative estimate of drug-likeness (QED) is 0.769. The molecular formula is C21H19NO5. The first-order chi connectivity index (χ1) is 13.0. The molecule has 6 nitrogen and oxygen atoms in total. The number of hydrogen-bond acceptors (Lipinski definition) is 5. The largest absolute Gasteiger partial charge is 0.497 e. The molecule has 6 heteroatoms. The highest BCUT2D eigenvalue weighted by atomic mass is 16.5. The number of carbonyl (C=O) groups is 1. The molecule has 2 heterocycles. The minimum absolute atomic E-state index is 0.0395. The van der Waals surface area contributed by atoms with Crippen LogP contribution < -0.4 is 10.2 Å². The summed E-state index contributed by atoms with van der Waals surface area (Å²) in [5, 5.41) is 9.90. The molecular weight excluding hydrogens is 346 g/mol. The van der Waals surface area contributed by atoms with Crippen LogP contribution in [0.25, 0.3) is 11.0 Å². The lowest BCUT2D eigenvalue weighted by Crippen LogP contribution is -2.32. The van der Waals surface area contributed by atoms with E-state index in [-0.39, 0.29) is 24.3 Å². The van der Waals surface area contributed by atoms with Crippen molar-refractivity contribution >= 4 is 16.9 Å². The molecule has 2 aromatic carbocycles. The van der Waals surface area contributed by atoms with Gasteiger partial charge in [-0.2, -0.15) is 0 Å². The zero-order valence-electron chi connectivity index (χ0n) is 15.1. The van der Waals surface area contributed by atoms with E-state index in [1.807, 2.05) is 19.1 Å². The maximum Gasteiger partial charge on any atom is 0.290 e. The molecule has 0 radical (unpaired) electrons. The first-order valence-corrected chi connectivity index (χ1v) is 8.68. The van der Waals surface area contributed by atoms with Crippen molar-refractivity contribution in [2.45, 2.75) is 13.0 Å². The van der Waals surface area contributed by atoms with Gasteiger partial charge in [0.2, 0.25) is 5.76 Å². The summed E-state index contributed by atoms with van der Waals surface area (Å²) in [7, 11) is 1.56. The Morgan fingerprint density at radius 1 is 1.19 bits per heavy atom. The molecule has 1 aliphatic rings. The number of ether oxygens (including phenoxy) is 1. The Balaban J connectivity index is 2.01. The maximum absolute atomic E-state index is 13.3. The predicted molar refractivity (Wildman–Crippen MR) is 100 cm³/mol. The fraction of sp³-hybridized carbons (Fsp3) is 0.238. The molecule has 1 N–H and O–H groups in total. The number of fused-ring (bicyclic) bond motifs is 2. The van der Waals surface area contributed by atoms with Gasteiger partial charge in [0.15, 0.2) is 5.43 Å². The molecule has 1 atom stereocenters. The first kappa shape index (κ1) is 17.3. The van der Waals surface area contributed by atoms with Gasteiger partial charge in [0.25, 0.3) is 5.91 Å². The van der Waals surface area contributed by atoms with Crippen molar-refractivity contribution in [2.24, 2.45) is 0 Å². The molecule has 1 aliphatic heterocycles. The number of aryl methyl sites for hydroxylation is 1. The lowest BCUT2D eigenvalue weighted by molar-refractivity contribution is 0.0691. The van der Waals surface area contributed by atoms with Crippen molar-refractivity contribution < 1.29 is 19.1 Å². The van der Waals surface area contributed by atoms with Gasteiger partial charge in [0.1, 0.15) is 11.3 Å². The first-order valence-electron chi connectivity index (χ1n) is 8.68. The number of benzene rings is 2. The number of rotatable bonds is 4. The van der Waals surface area contributed by atoms with Crippen molar-refractivity contribution in [1.82, 2.24) is 4.90 Å². The molecule has 0 aliphatic carbocycles. The van der Waals surface area contributed by atoms with Gasteiger partial charge in [0.05, 0.1) is 30.7 Å². The van der Waals surface area contributed by atoms with Crippen molar-refractivity contribution in [1.29, 1.82) is 0 Å². The monoisotopic (exact) mass is 365 g/mol. The summed E-state index contributed by atoms with van der Waals surface area (Å²) < 4.78 is 11.1. The SMILES string of the molecule is COc1cccc([C@H]2c3c(oc4ccc(C)cc4c3=O)C(=O)N2CCO)c1. The summed E-state index contributed by atoms with van der Waals surface area (Å²) in [5.41, 5.74) is 2.13. The molecule has 27 heavy (non-hydrogen) atoms. The van der Waals surface area contributed by atoms with Crippen molar-refractivity contribution in [2.75, 3.05) is 20.3 Å². The van der Waals surface area contributed by atoms with Crippen LogP contribution in [0.15, 0.2) is 51.7 Å². The highest BCUT2D eigenvalue weighted by Gasteiger charge is 2.42. The lowest BCUT2D eigenvalue weighted by Gasteiger charge is -2.24. The van der Waals surface area contributed by atoms with Gasteiger partial charge in [-0.1, -0.05) is 23.8 Å². The number of amides is 1. The molecule has 138 valence electrons. The van der Waals surface area contributed by atoms with Gasteiger partial charge in [-0.05, 0) is 36.8 Å². The van der Waals surface area contributed by atoms with Gasteiger partial charge in [-0.15, -0.1) is 0 Å². The van der Waals surface area contributed by atoms with E-state index in [2.05, 4.69) is 0 Å². The molecule has 0 unspecified atom stereocenters. The number of aliphatic hydroxyl groups excluding tert-OH is 1. The minimum Gasteiger partial charge on any atom is -0.497 e. The average Bonchev–Trinajstić information content (AvgIpc) is 2.95. The molecule has 4 rings (SSSR count).